The second kappa shape index (κ2) is 6.85. The Morgan fingerprint density at radius 2 is 2.11 bits per heavy atom. The molecule has 1 rings (SSSR count). The van der Waals surface area contributed by atoms with E-state index in [1.165, 1.54) is 6.07 Å². The Kier molecular flexibility index (Phi) is 5.75. The molecule has 18 heavy (non-hydrogen) atoms. The number of halogens is 1. The van der Waals surface area contributed by atoms with Crippen LogP contribution in [0.4, 0.5) is 4.39 Å². The van der Waals surface area contributed by atoms with Crippen LogP contribution in [0.15, 0.2) is 18.2 Å². The molecule has 0 spiro atoms. The molecule has 0 amide bonds. The average molecular weight is 273 g/mol. The lowest BCUT2D eigenvalue weighted by atomic mass is 10.1. The van der Waals surface area contributed by atoms with Crippen molar-refractivity contribution in [3.8, 4) is 5.75 Å². The van der Waals surface area contributed by atoms with E-state index >= 15 is 0 Å². The Hall–Kier alpha value is -0.940. The lowest BCUT2D eigenvalue weighted by molar-refractivity contribution is 0.463. The molecule has 0 heterocycles. The lowest BCUT2D eigenvalue weighted by Gasteiger charge is -2.16. The van der Waals surface area contributed by atoms with Crippen LogP contribution in [0, 0.1) is 5.82 Å². The molecule has 0 aliphatic heterocycles. The van der Waals surface area contributed by atoms with Gasteiger partial charge in [0.25, 0.3) is 0 Å². The van der Waals surface area contributed by atoms with Gasteiger partial charge in [-0.2, -0.15) is 0 Å². The van der Waals surface area contributed by atoms with Crippen LogP contribution in [0.3, 0.4) is 0 Å². The number of aromatic hydroxyl groups is 1. The van der Waals surface area contributed by atoms with Gasteiger partial charge in [0, 0.05) is 40.0 Å². The van der Waals surface area contributed by atoms with E-state index in [0.29, 0.717) is 12.1 Å². The summed E-state index contributed by atoms with van der Waals surface area (Å²) in [6, 6.07) is 4.02. The first-order valence-corrected chi connectivity index (χ1v) is 7.58. The van der Waals surface area contributed by atoms with Crippen LogP contribution in [0.2, 0.25) is 0 Å². The minimum atomic E-state index is -0.824. The minimum Gasteiger partial charge on any atom is -0.508 e. The monoisotopic (exact) mass is 273 g/mol. The Bertz CT molecular complexity index is 425. The van der Waals surface area contributed by atoms with E-state index < -0.39 is 16.6 Å². The Balaban J connectivity index is 2.50. The summed E-state index contributed by atoms with van der Waals surface area (Å²) in [7, 11) is -0.824. The molecule has 102 valence electrons. The Morgan fingerprint density at radius 3 is 2.67 bits per heavy atom. The van der Waals surface area contributed by atoms with Gasteiger partial charge in [0.15, 0.2) is 0 Å². The molecule has 0 aliphatic rings. The van der Waals surface area contributed by atoms with Crippen LogP contribution in [0.25, 0.3) is 0 Å². The highest BCUT2D eigenvalue weighted by atomic mass is 32.2. The van der Waals surface area contributed by atoms with Crippen LogP contribution in [0.1, 0.15) is 31.9 Å². The van der Waals surface area contributed by atoms with E-state index in [9.17, 15) is 8.60 Å². The first-order chi connectivity index (χ1) is 8.41. The molecule has 3 unspecified atom stereocenters. The van der Waals surface area contributed by atoms with Gasteiger partial charge < -0.3 is 10.4 Å². The highest BCUT2D eigenvalue weighted by Gasteiger charge is 2.12. The van der Waals surface area contributed by atoms with Gasteiger partial charge in [-0.3, -0.25) is 4.21 Å². The fourth-order valence-corrected chi connectivity index (χ4v) is 2.10. The topological polar surface area (TPSA) is 49.3 Å². The average Bonchev–Trinajstić information content (AvgIpc) is 2.28. The van der Waals surface area contributed by atoms with Crippen LogP contribution in [-0.2, 0) is 10.8 Å². The van der Waals surface area contributed by atoms with Crippen molar-refractivity contribution in [3.63, 3.8) is 0 Å². The van der Waals surface area contributed by atoms with Crippen molar-refractivity contribution in [2.75, 3.05) is 12.8 Å². The third-order valence-corrected chi connectivity index (χ3v) is 4.39. The molecule has 1 aromatic carbocycles. The summed E-state index contributed by atoms with van der Waals surface area (Å²) in [5.74, 6) is -0.486. The summed E-state index contributed by atoms with van der Waals surface area (Å²) in [6.07, 6.45) is 2.47. The van der Waals surface area contributed by atoms with E-state index in [-0.39, 0.29) is 17.0 Å². The van der Waals surface area contributed by atoms with Crippen molar-refractivity contribution in [2.45, 2.75) is 31.6 Å². The van der Waals surface area contributed by atoms with Crippen LogP contribution < -0.4 is 5.32 Å². The van der Waals surface area contributed by atoms with Crippen molar-refractivity contribution >= 4 is 10.8 Å². The molecule has 0 aromatic heterocycles. The number of hydrogen-bond donors (Lipinski definition) is 2. The summed E-state index contributed by atoms with van der Waals surface area (Å²) >= 11 is 0. The van der Waals surface area contributed by atoms with E-state index in [0.717, 1.165) is 12.5 Å². The van der Waals surface area contributed by atoms with Gasteiger partial charge in [-0.25, -0.2) is 4.39 Å². The molecule has 0 saturated heterocycles. The number of phenolic OH excluding ortho intramolecular Hbond substituents is 1. The van der Waals surface area contributed by atoms with Gasteiger partial charge in [0.2, 0.25) is 0 Å². The lowest BCUT2D eigenvalue weighted by Crippen LogP contribution is -2.24. The summed E-state index contributed by atoms with van der Waals surface area (Å²) in [5, 5.41) is 12.5. The molecule has 0 radical (unpaired) electrons. The van der Waals surface area contributed by atoms with Gasteiger partial charge in [0.05, 0.1) is 0 Å². The van der Waals surface area contributed by atoms with Crippen molar-refractivity contribution in [1.82, 2.24) is 5.32 Å². The first-order valence-electron chi connectivity index (χ1n) is 5.96. The van der Waals surface area contributed by atoms with Crippen LogP contribution >= 0.6 is 0 Å². The van der Waals surface area contributed by atoms with Gasteiger partial charge in [0.1, 0.15) is 11.6 Å². The van der Waals surface area contributed by atoms with Gasteiger partial charge in [-0.15, -0.1) is 0 Å². The van der Waals surface area contributed by atoms with E-state index in [2.05, 4.69) is 5.32 Å². The largest absolute Gasteiger partial charge is 0.508 e. The summed E-state index contributed by atoms with van der Waals surface area (Å²) in [6.45, 7) is 4.48. The normalized spacial score (nSPS) is 16.2. The van der Waals surface area contributed by atoms with E-state index in [1.54, 1.807) is 12.3 Å². The molecule has 0 aliphatic carbocycles. The maximum atomic E-state index is 13.6. The second-order valence-electron chi connectivity index (χ2n) is 4.48. The number of benzene rings is 1. The zero-order valence-electron chi connectivity index (χ0n) is 10.9. The third-order valence-electron chi connectivity index (χ3n) is 3.02. The van der Waals surface area contributed by atoms with E-state index in [1.807, 2.05) is 13.8 Å². The molecule has 3 nitrogen and oxygen atoms in total. The zero-order valence-corrected chi connectivity index (χ0v) is 11.8. The smallest absolute Gasteiger partial charge is 0.131 e. The van der Waals surface area contributed by atoms with Gasteiger partial charge >= 0.3 is 0 Å². The number of nitrogens with one attached hydrogen (secondary N) is 1. The molecule has 0 saturated carbocycles. The van der Waals surface area contributed by atoms with Crippen molar-refractivity contribution < 1.29 is 13.7 Å². The maximum absolute atomic E-state index is 13.6. The Morgan fingerprint density at radius 1 is 1.44 bits per heavy atom. The number of rotatable bonds is 6. The molecular formula is C13H20FNO2S. The summed E-state index contributed by atoms with van der Waals surface area (Å²) in [5.41, 5.74) is 0.526. The molecular weight excluding hydrogens is 253 g/mol. The standard InChI is InChI=1S/C13H20FNO2S/c1-9(18(3)17)6-7-15-10(2)12-5-4-11(16)8-13(12)14/h4-5,8-10,15-16H,6-7H2,1-3H3. The SMILES string of the molecule is CC(NCCC(C)S(C)=O)c1ccc(O)cc1F. The van der Waals surface area contributed by atoms with Crippen molar-refractivity contribution in [2.24, 2.45) is 0 Å². The zero-order chi connectivity index (χ0) is 13.7. The van der Waals surface area contributed by atoms with Crippen LogP contribution in [-0.4, -0.2) is 27.4 Å². The Labute approximate surface area is 110 Å². The summed E-state index contributed by atoms with van der Waals surface area (Å²) in [4.78, 5) is 0. The molecule has 2 N–H and O–H groups in total. The van der Waals surface area contributed by atoms with Gasteiger partial charge in [-0.1, -0.05) is 13.0 Å². The maximum Gasteiger partial charge on any atom is 0.131 e. The predicted molar refractivity (Wildman–Crippen MR) is 72.6 cm³/mol. The fraction of sp³-hybridized carbons (Fsp3) is 0.538. The highest BCUT2D eigenvalue weighted by molar-refractivity contribution is 7.84. The van der Waals surface area contributed by atoms with Crippen LogP contribution in [0.5, 0.6) is 5.75 Å². The first kappa shape index (κ1) is 15.1. The number of hydrogen-bond acceptors (Lipinski definition) is 3. The van der Waals surface area contributed by atoms with Crippen molar-refractivity contribution in [3.05, 3.63) is 29.6 Å². The predicted octanol–water partition coefficient (Wildman–Crippen LogP) is 2.34. The molecule has 0 fully saturated rings. The fourth-order valence-electron chi connectivity index (χ4n) is 1.65. The molecule has 1 aromatic rings. The van der Waals surface area contributed by atoms with Gasteiger partial charge in [-0.05, 0) is 26.0 Å². The molecule has 3 atom stereocenters. The molecule has 0 bridgehead atoms. The summed E-state index contributed by atoms with van der Waals surface area (Å²) < 4.78 is 24.7. The minimum absolute atomic E-state index is 0.0709. The van der Waals surface area contributed by atoms with Crippen molar-refractivity contribution in [1.29, 1.82) is 0 Å². The second-order valence-corrected chi connectivity index (χ2v) is 6.28. The molecule has 5 heteroatoms. The quantitative estimate of drug-likeness (QED) is 0.836. The highest BCUT2D eigenvalue weighted by Crippen LogP contribution is 2.20. The number of phenols is 1. The van der Waals surface area contributed by atoms with E-state index in [4.69, 9.17) is 5.11 Å². The third kappa shape index (κ3) is 4.38.